The zero-order valence-electron chi connectivity index (χ0n) is 23.8. The van der Waals surface area contributed by atoms with E-state index in [-0.39, 0.29) is 54.8 Å². The van der Waals surface area contributed by atoms with E-state index in [1.165, 1.54) is 44.7 Å². The van der Waals surface area contributed by atoms with E-state index in [1.807, 2.05) is 18.5 Å². The number of halogens is 2. The summed E-state index contributed by atoms with van der Waals surface area (Å²) in [6.45, 7) is 6.56. The van der Waals surface area contributed by atoms with Crippen LogP contribution >= 0.6 is 24.8 Å². The van der Waals surface area contributed by atoms with Crippen LogP contribution in [0.25, 0.3) is 5.69 Å². The second-order valence-electron chi connectivity index (χ2n) is 10.9. The predicted octanol–water partition coefficient (Wildman–Crippen LogP) is 4.00. The molecule has 0 atom stereocenters. The van der Waals surface area contributed by atoms with Crippen molar-refractivity contribution in [2.24, 2.45) is 5.92 Å². The zero-order chi connectivity index (χ0) is 27.3. The second kappa shape index (κ2) is 15.5. The molecule has 226 valence electrons. The van der Waals surface area contributed by atoms with Crippen molar-refractivity contribution in [2.45, 2.75) is 82.7 Å². The van der Waals surface area contributed by atoms with Crippen molar-refractivity contribution in [1.82, 2.24) is 24.3 Å². The molecule has 4 rings (SSSR count). The van der Waals surface area contributed by atoms with Gasteiger partial charge in [0.05, 0.1) is 22.9 Å². The number of hydrogen-bond donors (Lipinski definition) is 2. The first-order valence-electron chi connectivity index (χ1n) is 13.9. The summed E-state index contributed by atoms with van der Waals surface area (Å²) >= 11 is 0. The van der Waals surface area contributed by atoms with Crippen molar-refractivity contribution >= 4 is 40.7 Å². The van der Waals surface area contributed by atoms with Crippen molar-refractivity contribution in [2.75, 3.05) is 33.3 Å². The lowest BCUT2D eigenvalue weighted by molar-refractivity contribution is -0.123. The van der Waals surface area contributed by atoms with Gasteiger partial charge in [0.2, 0.25) is 15.9 Å². The Morgan fingerprint density at radius 2 is 1.68 bits per heavy atom. The highest BCUT2D eigenvalue weighted by Crippen LogP contribution is 2.27. The van der Waals surface area contributed by atoms with Crippen LogP contribution in [-0.2, 0) is 21.4 Å². The molecule has 2 fully saturated rings. The number of hydrogen-bond acceptors (Lipinski definition) is 6. The topological polar surface area (TPSA) is 108 Å². The predicted molar refractivity (Wildman–Crippen MR) is 162 cm³/mol. The van der Waals surface area contributed by atoms with E-state index in [2.05, 4.69) is 10.2 Å². The number of aliphatic hydroxyl groups excluding tert-OH is 1. The van der Waals surface area contributed by atoms with Crippen molar-refractivity contribution < 1.29 is 18.3 Å². The molecule has 2 N–H and O–H groups in total. The van der Waals surface area contributed by atoms with Crippen LogP contribution in [0.15, 0.2) is 29.2 Å². The second-order valence-corrected chi connectivity index (χ2v) is 13.0. The summed E-state index contributed by atoms with van der Waals surface area (Å²) in [4.78, 5) is 15.2. The van der Waals surface area contributed by atoms with Gasteiger partial charge in [-0.05, 0) is 69.7 Å². The van der Waals surface area contributed by atoms with Crippen molar-refractivity contribution in [1.29, 1.82) is 0 Å². The van der Waals surface area contributed by atoms with E-state index in [0.29, 0.717) is 12.3 Å². The van der Waals surface area contributed by atoms with Crippen LogP contribution < -0.4 is 5.32 Å². The van der Waals surface area contributed by atoms with E-state index in [9.17, 15) is 13.2 Å². The number of carbonyl (C=O) groups excluding carboxylic acids is 1. The summed E-state index contributed by atoms with van der Waals surface area (Å²) < 4.78 is 28.3. The normalized spacial score (nSPS) is 17.3. The van der Waals surface area contributed by atoms with E-state index in [4.69, 9.17) is 10.2 Å². The summed E-state index contributed by atoms with van der Waals surface area (Å²) in [6, 6.07) is 6.97. The van der Waals surface area contributed by atoms with Crippen molar-refractivity contribution in [3.63, 3.8) is 0 Å². The maximum Gasteiger partial charge on any atom is 0.242 e. The number of piperidine rings is 1. The zero-order valence-corrected chi connectivity index (χ0v) is 26.3. The average Bonchev–Trinajstić information content (AvgIpc) is 3.19. The lowest BCUT2D eigenvalue weighted by atomic mass is 9.86. The van der Waals surface area contributed by atoms with E-state index in [1.54, 1.807) is 24.3 Å². The van der Waals surface area contributed by atoms with Crippen LogP contribution in [0, 0.1) is 19.8 Å². The molecule has 12 heteroatoms. The number of likely N-dealkylation sites (tertiary alicyclic amines) is 1. The molecule has 1 aromatic carbocycles. The third-order valence-corrected chi connectivity index (χ3v) is 10.0. The van der Waals surface area contributed by atoms with Gasteiger partial charge in [-0.3, -0.25) is 9.69 Å². The molecule has 0 bridgehead atoms. The lowest BCUT2D eigenvalue weighted by Crippen LogP contribution is -2.44. The molecule has 2 heterocycles. The number of carbonyl (C=O) groups is 1. The van der Waals surface area contributed by atoms with E-state index < -0.39 is 10.0 Å². The summed E-state index contributed by atoms with van der Waals surface area (Å²) in [5.74, 6) is 0.793. The Hall–Kier alpha value is -1.69. The molecule has 1 aliphatic heterocycles. The first-order chi connectivity index (χ1) is 18.2. The number of nitrogens with one attached hydrogen (secondary N) is 1. The first-order valence-corrected chi connectivity index (χ1v) is 15.4. The number of nitrogens with zero attached hydrogens (tertiary/aromatic N) is 4. The molecule has 40 heavy (non-hydrogen) atoms. The van der Waals surface area contributed by atoms with Gasteiger partial charge < -0.3 is 10.4 Å². The minimum absolute atomic E-state index is 0. The highest BCUT2D eigenvalue weighted by atomic mass is 35.5. The van der Waals surface area contributed by atoms with Gasteiger partial charge in [-0.15, -0.1) is 24.8 Å². The van der Waals surface area contributed by atoms with E-state index in [0.717, 1.165) is 53.9 Å². The Morgan fingerprint density at radius 1 is 1.05 bits per heavy atom. The number of aliphatic hydroxyl groups is 1. The number of rotatable bonds is 10. The summed E-state index contributed by atoms with van der Waals surface area (Å²) in [5, 5.41) is 17.1. The molecule has 1 amide bonds. The fourth-order valence-corrected chi connectivity index (χ4v) is 6.92. The third-order valence-electron chi connectivity index (χ3n) is 8.18. The quantitative estimate of drug-likeness (QED) is 0.417. The van der Waals surface area contributed by atoms with Crippen LogP contribution in [0.2, 0.25) is 0 Å². The molecule has 0 unspecified atom stereocenters. The molecule has 1 aliphatic carbocycles. The maximum absolute atomic E-state index is 12.7. The molecule has 9 nitrogen and oxygen atoms in total. The van der Waals surface area contributed by atoms with Gasteiger partial charge in [-0.1, -0.05) is 19.3 Å². The van der Waals surface area contributed by atoms with Gasteiger partial charge in [0, 0.05) is 56.9 Å². The smallest absolute Gasteiger partial charge is 0.242 e. The van der Waals surface area contributed by atoms with Crippen molar-refractivity contribution in [3.05, 3.63) is 41.2 Å². The summed E-state index contributed by atoms with van der Waals surface area (Å²) in [7, 11) is -2.18. The summed E-state index contributed by atoms with van der Waals surface area (Å²) in [6.07, 6.45) is 8.85. The minimum Gasteiger partial charge on any atom is -0.395 e. The maximum atomic E-state index is 12.7. The molecule has 2 aromatic rings. The largest absolute Gasteiger partial charge is 0.395 e. The number of likely N-dealkylation sites (N-methyl/N-ethyl adjacent to an activating group) is 1. The molecular weight excluding hydrogens is 573 g/mol. The summed E-state index contributed by atoms with van der Waals surface area (Å²) in [5.41, 5.74) is 3.99. The number of benzene rings is 1. The fourth-order valence-electron chi connectivity index (χ4n) is 5.75. The molecule has 0 radical (unpaired) electrons. The number of aromatic nitrogens is 2. The molecular formula is C28H45Cl2N5O4S. The minimum atomic E-state index is -3.64. The SMILES string of the molecule is Cc1nn(-c2ccc(S(=O)(=O)N(C)CCO)cc2)c(C)c1CN1CCC(NC(=O)CC2CCCCC2)CC1.Cl.Cl. The third kappa shape index (κ3) is 8.42. The number of amides is 1. The Morgan fingerprint density at radius 3 is 2.27 bits per heavy atom. The standard InChI is InChI=1S/C28H43N5O4S.2ClH/c1-21-27(20-32-15-13-24(14-16-32)29-28(35)19-23-7-5-4-6-8-23)22(2)33(30-21)25-9-11-26(12-10-25)38(36,37)31(3)17-18-34;;/h9-12,23-24,34H,4-8,13-20H2,1-3H3,(H,29,35);2*1H. The van der Waals surface area contributed by atoms with Crippen molar-refractivity contribution in [3.8, 4) is 5.69 Å². The van der Waals surface area contributed by atoms with Gasteiger partial charge in [0.15, 0.2) is 0 Å². The van der Waals surface area contributed by atoms with Crippen LogP contribution in [0.5, 0.6) is 0 Å². The molecule has 2 aliphatic rings. The van der Waals surface area contributed by atoms with Gasteiger partial charge in [-0.25, -0.2) is 13.1 Å². The van der Waals surface area contributed by atoms with Crippen LogP contribution in [-0.4, -0.2) is 77.7 Å². The van der Waals surface area contributed by atoms with Crippen LogP contribution in [0.4, 0.5) is 0 Å². The highest BCUT2D eigenvalue weighted by Gasteiger charge is 2.25. The van der Waals surface area contributed by atoms with Gasteiger partial charge in [0.1, 0.15) is 0 Å². The number of aryl methyl sites for hydroxylation is 1. The van der Waals surface area contributed by atoms with E-state index >= 15 is 0 Å². The Balaban J connectivity index is 0.00000280. The molecule has 1 aromatic heterocycles. The molecule has 0 spiro atoms. The average molecular weight is 619 g/mol. The molecule has 1 saturated heterocycles. The lowest BCUT2D eigenvalue weighted by Gasteiger charge is -2.33. The first kappa shape index (κ1) is 34.5. The Labute approximate surface area is 251 Å². The van der Waals surface area contributed by atoms with Gasteiger partial charge in [-0.2, -0.15) is 9.40 Å². The van der Waals surface area contributed by atoms with Crippen LogP contribution in [0.1, 0.15) is 68.3 Å². The van der Waals surface area contributed by atoms with Crippen LogP contribution in [0.3, 0.4) is 0 Å². The Kier molecular flexibility index (Phi) is 13.4. The van der Waals surface area contributed by atoms with Gasteiger partial charge in [0.25, 0.3) is 0 Å². The fraction of sp³-hybridized carbons (Fsp3) is 0.643. The molecule has 1 saturated carbocycles. The highest BCUT2D eigenvalue weighted by molar-refractivity contribution is 7.89. The van der Waals surface area contributed by atoms with Gasteiger partial charge >= 0.3 is 0 Å². The monoisotopic (exact) mass is 617 g/mol. The number of sulfonamides is 1. The Bertz CT molecular complexity index is 1190.